The zero-order valence-corrected chi connectivity index (χ0v) is 15.9. The Balaban J connectivity index is 1.59. The van der Waals surface area contributed by atoms with Crippen molar-refractivity contribution in [2.24, 2.45) is 14.1 Å². The summed E-state index contributed by atoms with van der Waals surface area (Å²) in [4.78, 5) is 41.3. The summed E-state index contributed by atoms with van der Waals surface area (Å²) >= 11 is 0. The Morgan fingerprint density at radius 2 is 1.59 bits per heavy atom. The maximum atomic E-state index is 12.7. The van der Waals surface area contributed by atoms with Crippen molar-refractivity contribution in [3.63, 3.8) is 0 Å². The van der Waals surface area contributed by atoms with Crippen molar-refractivity contribution in [2.75, 3.05) is 0 Å². The zero-order chi connectivity index (χ0) is 20.5. The largest absolute Gasteiger partial charge is 0.457 e. The van der Waals surface area contributed by atoms with Crippen molar-refractivity contribution in [1.82, 2.24) is 18.7 Å². The predicted octanol–water partition coefficient (Wildman–Crippen LogP) is 2.11. The number of aromatic nitrogens is 4. The molecule has 0 fully saturated rings. The molecule has 2 heterocycles. The van der Waals surface area contributed by atoms with Gasteiger partial charge < -0.3 is 9.30 Å². The molecule has 0 saturated heterocycles. The van der Waals surface area contributed by atoms with E-state index in [0.717, 1.165) is 4.57 Å². The van der Waals surface area contributed by atoms with Crippen molar-refractivity contribution in [3.8, 4) is 11.5 Å². The van der Waals surface area contributed by atoms with Gasteiger partial charge in [0.15, 0.2) is 16.9 Å². The number of fused-ring (bicyclic) bond motifs is 1. The average molecular weight is 390 g/mol. The molecule has 0 aliphatic carbocycles. The van der Waals surface area contributed by atoms with Gasteiger partial charge in [-0.05, 0) is 36.4 Å². The lowest BCUT2D eigenvalue weighted by Crippen LogP contribution is -2.37. The van der Waals surface area contributed by atoms with Crippen LogP contribution in [0.25, 0.3) is 11.2 Å². The minimum Gasteiger partial charge on any atom is -0.457 e. The highest BCUT2D eigenvalue weighted by molar-refractivity contribution is 5.96. The third-order valence-electron chi connectivity index (χ3n) is 4.69. The van der Waals surface area contributed by atoms with Crippen LogP contribution in [0.15, 0.2) is 70.5 Å². The quantitative estimate of drug-likeness (QED) is 0.487. The zero-order valence-electron chi connectivity index (χ0n) is 15.9. The van der Waals surface area contributed by atoms with Gasteiger partial charge in [0.1, 0.15) is 11.5 Å². The van der Waals surface area contributed by atoms with Crippen LogP contribution in [0.1, 0.15) is 10.4 Å². The van der Waals surface area contributed by atoms with Gasteiger partial charge in [-0.25, -0.2) is 9.78 Å². The summed E-state index contributed by atoms with van der Waals surface area (Å²) in [6.07, 6.45) is 1.40. The van der Waals surface area contributed by atoms with Crippen molar-refractivity contribution in [1.29, 1.82) is 0 Å². The van der Waals surface area contributed by atoms with E-state index in [-0.39, 0.29) is 23.5 Å². The fourth-order valence-corrected chi connectivity index (χ4v) is 3.10. The number of carbonyl (C=O) groups excluding carboxylic acids is 1. The van der Waals surface area contributed by atoms with Crippen LogP contribution in [0.4, 0.5) is 0 Å². The first-order valence-electron chi connectivity index (χ1n) is 8.92. The van der Waals surface area contributed by atoms with E-state index in [9.17, 15) is 14.4 Å². The molecule has 0 spiro atoms. The number of aryl methyl sites for hydroxylation is 1. The molecule has 146 valence electrons. The predicted molar refractivity (Wildman–Crippen MR) is 108 cm³/mol. The smallest absolute Gasteiger partial charge is 0.332 e. The van der Waals surface area contributed by atoms with Gasteiger partial charge in [0.2, 0.25) is 0 Å². The molecular formula is C21H18N4O4. The van der Waals surface area contributed by atoms with E-state index in [4.69, 9.17) is 4.74 Å². The number of para-hydroxylation sites is 1. The summed E-state index contributed by atoms with van der Waals surface area (Å²) in [5.74, 6) is 1.13. The Labute approximate surface area is 165 Å². The third kappa shape index (κ3) is 3.36. The van der Waals surface area contributed by atoms with Gasteiger partial charge in [-0.2, -0.15) is 0 Å². The van der Waals surface area contributed by atoms with Crippen LogP contribution in [0.3, 0.4) is 0 Å². The number of ketones is 1. The van der Waals surface area contributed by atoms with Crippen LogP contribution >= 0.6 is 0 Å². The molecule has 29 heavy (non-hydrogen) atoms. The molecule has 0 radical (unpaired) electrons. The van der Waals surface area contributed by atoms with E-state index < -0.39 is 11.2 Å². The molecule has 8 nitrogen and oxygen atoms in total. The molecule has 8 heteroatoms. The minimum absolute atomic E-state index is 0.0666. The lowest BCUT2D eigenvalue weighted by molar-refractivity contribution is 0.0973. The van der Waals surface area contributed by atoms with Gasteiger partial charge in [-0.1, -0.05) is 18.2 Å². The number of hydrogen-bond acceptors (Lipinski definition) is 5. The second-order valence-electron chi connectivity index (χ2n) is 6.61. The number of carbonyl (C=O) groups is 1. The summed E-state index contributed by atoms with van der Waals surface area (Å²) in [7, 11) is 2.93. The van der Waals surface area contributed by atoms with Crippen molar-refractivity contribution in [2.45, 2.75) is 6.54 Å². The number of benzene rings is 2. The first kappa shape index (κ1) is 18.4. The number of ether oxygens (including phenoxy) is 1. The molecule has 2 aromatic heterocycles. The van der Waals surface area contributed by atoms with Crippen molar-refractivity contribution >= 4 is 16.9 Å². The summed E-state index contributed by atoms with van der Waals surface area (Å²) in [5, 5.41) is 0. The van der Waals surface area contributed by atoms with Gasteiger partial charge >= 0.3 is 5.69 Å². The number of Topliss-reactive ketones (excluding diaryl/α,β-unsaturated/α-hetero) is 1. The van der Waals surface area contributed by atoms with Crippen LogP contribution in [0.2, 0.25) is 0 Å². The maximum Gasteiger partial charge on any atom is 0.332 e. The molecule has 0 aliphatic heterocycles. The van der Waals surface area contributed by atoms with Crippen molar-refractivity contribution in [3.05, 3.63) is 87.3 Å². The van der Waals surface area contributed by atoms with Gasteiger partial charge in [-0.3, -0.25) is 18.7 Å². The Hall–Kier alpha value is -3.94. The molecule has 0 amide bonds. The van der Waals surface area contributed by atoms with Gasteiger partial charge in [0, 0.05) is 19.7 Å². The van der Waals surface area contributed by atoms with E-state index in [1.165, 1.54) is 29.6 Å². The maximum absolute atomic E-state index is 12.7. The van der Waals surface area contributed by atoms with E-state index in [2.05, 4.69) is 4.98 Å². The molecule has 4 rings (SSSR count). The summed E-state index contributed by atoms with van der Waals surface area (Å²) in [5.41, 5.74) is -0.00788. The first-order valence-corrected chi connectivity index (χ1v) is 8.92. The fourth-order valence-electron chi connectivity index (χ4n) is 3.10. The van der Waals surface area contributed by atoms with Gasteiger partial charge in [0.05, 0.1) is 12.9 Å². The van der Waals surface area contributed by atoms with Crippen LogP contribution in [0, 0.1) is 0 Å². The molecule has 0 unspecified atom stereocenters. The highest BCUT2D eigenvalue weighted by Gasteiger charge is 2.16. The standard InChI is InChI=1S/C21H18N4O4/c1-23-19-18(20(27)24(2)21(23)28)25(13-22-19)12-17(26)14-8-10-16(11-9-14)29-15-6-4-3-5-7-15/h3-11,13H,12H2,1-2H3. The van der Waals surface area contributed by atoms with E-state index in [1.54, 1.807) is 24.3 Å². The molecular weight excluding hydrogens is 372 g/mol. The van der Waals surface area contributed by atoms with Crippen LogP contribution in [0.5, 0.6) is 11.5 Å². The van der Waals surface area contributed by atoms with Gasteiger partial charge in [0.25, 0.3) is 5.56 Å². The number of hydrogen-bond donors (Lipinski definition) is 0. The SMILES string of the molecule is Cn1c(=O)c2c(ncn2CC(=O)c2ccc(Oc3ccccc3)cc2)n(C)c1=O. The molecule has 2 aromatic carbocycles. The molecule has 0 aliphatic rings. The third-order valence-corrected chi connectivity index (χ3v) is 4.69. The van der Waals surface area contributed by atoms with Crippen LogP contribution in [-0.2, 0) is 20.6 Å². The van der Waals surface area contributed by atoms with Crippen LogP contribution in [-0.4, -0.2) is 24.5 Å². The molecule has 0 saturated carbocycles. The molecule has 0 bridgehead atoms. The Kier molecular flexibility index (Phi) is 4.59. The Morgan fingerprint density at radius 3 is 2.28 bits per heavy atom. The highest BCUT2D eigenvalue weighted by atomic mass is 16.5. The lowest BCUT2D eigenvalue weighted by Gasteiger charge is -2.08. The van der Waals surface area contributed by atoms with E-state index >= 15 is 0 Å². The molecule has 0 atom stereocenters. The summed E-state index contributed by atoms with van der Waals surface area (Å²) in [6, 6.07) is 16.1. The molecule has 4 aromatic rings. The van der Waals surface area contributed by atoms with Crippen LogP contribution < -0.4 is 16.0 Å². The first-order chi connectivity index (χ1) is 14.0. The average Bonchev–Trinajstić information content (AvgIpc) is 3.15. The second kappa shape index (κ2) is 7.23. The number of nitrogens with zero attached hydrogens (tertiary/aromatic N) is 4. The second-order valence-corrected chi connectivity index (χ2v) is 6.61. The molecule has 0 N–H and O–H groups in total. The normalized spacial score (nSPS) is 11.0. The summed E-state index contributed by atoms with van der Waals surface area (Å²) < 4.78 is 9.48. The number of imidazole rings is 1. The van der Waals surface area contributed by atoms with Gasteiger partial charge in [-0.15, -0.1) is 0 Å². The highest BCUT2D eigenvalue weighted by Crippen LogP contribution is 2.21. The Morgan fingerprint density at radius 1 is 0.931 bits per heavy atom. The minimum atomic E-state index is -0.486. The topological polar surface area (TPSA) is 88.1 Å². The van der Waals surface area contributed by atoms with E-state index in [0.29, 0.717) is 17.1 Å². The fraction of sp³-hybridized carbons (Fsp3) is 0.143. The number of rotatable bonds is 5. The summed E-state index contributed by atoms with van der Waals surface area (Å²) in [6.45, 7) is -0.0666. The van der Waals surface area contributed by atoms with E-state index in [1.807, 2.05) is 30.3 Å². The lowest BCUT2D eigenvalue weighted by atomic mass is 10.1. The Bertz CT molecular complexity index is 1320. The van der Waals surface area contributed by atoms with Crippen molar-refractivity contribution < 1.29 is 9.53 Å². The monoisotopic (exact) mass is 390 g/mol.